The number of carbonyl (C=O) groups excluding carboxylic acids is 4. The van der Waals surface area contributed by atoms with Crippen molar-refractivity contribution in [2.45, 2.75) is 117 Å². The number of aliphatic hydroxyl groups is 1. The summed E-state index contributed by atoms with van der Waals surface area (Å²) < 4.78 is 0. The molecular formula is C35H59N3O6. The Morgan fingerprint density at radius 1 is 1.02 bits per heavy atom. The van der Waals surface area contributed by atoms with Gasteiger partial charge >= 0.3 is 0 Å². The van der Waals surface area contributed by atoms with E-state index in [0.717, 1.165) is 49.5 Å². The van der Waals surface area contributed by atoms with E-state index in [4.69, 9.17) is 14.7 Å². The number of Topliss-reactive ketones (excluding diaryl/α,β-unsaturated/α-hetero) is 1. The highest BCUT2D eigenvalue weighted by Gasteiger charge is 2.29. The van der Waals surface area contributed by atoms with Crippen LogP contribution in [-0.4, -0.2) is 67.0 Å². The lowest BCUT2D eigenvalue weighted by molar-refractivity contribution is -0.124. The molecule has 9 heteroatoms. The highest BCUT2D eigenvalue weighted by atomic mass is 16.6. The summed E-state index contributed by atoms with van der Waals surface area (Å²) >= 11 is 0. The third kappa shape index (κ3) is 17.4. The molecule has 44 heavy (non-hydrogen) atoms. The molecule has 9 nitrogen and oxygen atoms in total. The first-order valence-electron chi connectivity index (χ1n) is 16.0. The summed E-state index contributed by atoms with van der Waals surface area (Å²) in [6, 6.07) is 10.4. The molecule has 2 saturated carbocycles. The monoisotopic (exact) mass is 617 g/mol. The van der Waals surface area contributed by atoms with Crippen LogP contribution in [-0.2, 0) is 30.6 Å². The number of likely N-dealkylation sites (tertiary alicyclic amines) is 1. The van der Waals surface area contributed by atoms with Crippen LogP contribution in [0.25, 0.3) is 0 Å². The fourth-order valence-corrected chi connectivity index (χ4v) is 5.68. The highest BCUT2D eigenvalue weighted by molar-refractivity contribution is 5.83. The summed E-state index contributed by atoms with van der Waals surface area (Å²) in [6.07, 6.45) is 13.7. The molecular weight excluding hydrogens is 558 g/mol. The molecule has 250 valence electrons. The average Bonchev–Trinajstić information content (AvgIpc) is 3.33. The number of allylic oxidation sites excluding steroid dienone is 1. The van der Waals surface area contributed by atoms with Crippen LogP contribution in [0, 0.1) is 17.8 Å². The number of nitrogens with zero attached hydrogens (tertiary/aromatic N) is 1. The first-order valence-corrected chi connectivity index (χ1v) is 16.0. The van der Waals surface area contributed by atoms with Gasteiger partial charge in [0.25, 0.3) is 0 Å². The Labute approximate surface area is 266 Å². The van der Waals surface area contributed by atoms with Crippen LogP contribution in [0.5, 0.6) is 0 Å². The van der Waals surface area contributed by atoms with Gasteiger partial charge < -0.3 is 24.9 Å². The molecule has 2 aliphatic carbocycles. The van der Waals surface area contributed by atoms with Crippen molar-refractivity contribution >= 4 is 25.3 Å². The molecule has 3 unspecified atom stereocenters. The van der Waals surface area contributed by atoms with Gasteiger partial charge in [0.05, 0.1) is 24.4 Å². The number of hydrogen-bond acceptors (Lipinski definition) is 8. The van der Waals surface area contributed by atoms with E-state index in [1.54, 1.807) is 0 Å². The zero-order valence-electron chi connectivity index (χ0n) is 27.8. The van der Waals surface area contributed by atoms with Crippen LogP contribution >= 0.6 is 0 Å². The first kappa shape index (κ1) is 41.1. The number of aliphatic hydroxyl groups excluding tert-OH is 1. The quantitative estimate of drug-likeness (QED) is 0.157. The molecule has 1 saturated heterocycles. The molecule has 3 aliphatic rings. The fourth-order valence-electron chi connectivity index (χ4n) is 5.68. The van der Waals surface area contributed by atoms with Gasteiger partial charge in [-0.1, -0.05) is 75.9 Å². The van der Waals surface area contributed by atoms with Gasteiger partial charge in [0, 0.05) is 6.04 Å². The summed E-state index contributed by atoms with van der Waals surface area (Å²) in [5.41, 5.74) is 4.03. The number of benzene rings is 1. The molecule has 1 amide bonds. The van der Waals surface area contributed by atoms with E-state index in [0.29, 0.717) is 24.9 Å². The van der Waals surface area contributed by atoms with Crippen molar-refractivity contribution < 1.29 is 29.1 Å². The topological polar surface area (TPSA) is 125 Å². The fraction of sp³-hybridized carbons (Fsp3) is 0.657. The lowest BCUT2D eigenvalue weighted by Crippen LogP contribution is -2.43. The van der Waals surface area contributed by atoms with E-state index in [1.807, 2.05) is 37.1 Å². The predicted octanol–water partition coefficient (Wildman–Crippen LogP) is 5.98. The maximum Gasteiger partial charge on any atom is 0.207 e. The molecule has 3 fully saturated rings. The zero-order chi connectivity index (χ0) is 33.3. The van der Waals surface area contributed by atoms with Crippen LogP contribution in [0.3, 0.4) is 0 Å². The molecule has 0 radical (unpaired) electrons. The van der Waals surface area contributed by atoms with Gasteiger partial charge in [-0.3, -0.25) is 14.4 Å². The number of ketones is 1. The summed E-state index contributed by atoms with van der Waals surface area (Å²) in [7, 11) is 2.22. The third-order valence-corrected chi connectivity index (χ3v) is 8.67. The minimum atomic E-state index is -0.221. The largest absolute Gasteiger partial charge is 0.513 e. The molecule has 1 aliphatic heterocycles. The minimum Gasteiger partial charge on any atom is -0.513 e. The van der Waals surface area contributed by atoms with E-state index in [9.17, 15) is 14.4 Å². The smallest absolute Gasteiger partial charge is 0.207 e. The SMILES string of the molecule is C=C(C)O.C=O.CC(=O)C(NC=O)C1CCC1.CC[C@H]1CCN(C)C1C.O=CC(NOCc1ccccc1)C1CCCCC1. The van der Waals surface area contributed by atoms with Crippen LogP contribution < -0.4 is 10.8 Å². The average molecular weight is 618 g/mol. The normalized spacial score (nSPS) is 20.9. The van der Waals surface area contributed by atoms with Crippen molar-refractivity contribution in [2.75, 3.05) is 13.6 Å². The second-order valence-corrected chi connectivity index (χ2v) is 11.9. The van der Waals surface area contributed by atoms with Crippen molar-refractivity contribution in [1.29, 1.82) is 0 Å². The van der Waals surface area contributed by atoms with Gasteiger partial charge in [-0.15, -0.1) is 0 Å². The summed E-state index contributed by atoms with van der Waals surface area (Å²) in [4.78, 5) is 48.0. The van der Waals surface area contributed by atoms with Crippen LogP contribution in [0.15, 0.2) is 42.7 Å². The minimum absolute atomic E-state index is 0.0711. The van der Waals surface area contributed by atoms with Crippen molar-refractivity contribution in [1.82, 2.24) is 15.7 Å². The first-order chi connectivity index (χ1) is 21.1. The second kappa shape index (κ2) is 25.4. The lowest BCUT2D eigenvalue weighted by Gasteiger charge is -2.31. The van der Waals surface area contributed by atoms with E-state index in [-0.39, 0.29) is 23.6 Å². The number of hydrogen-bond donors (Lipinski definition) is 3. The van der Waals surface area contributed by atoms with Crippen molar-refractivity contribution in [3.63, 3.8) is 0 Å². The third-order valence-electron chi connectivity index (χ3n) is 8.67. The standard InChI is InChI=1S/C15H21NO2.C8H13NO2.C8H17N.C3H6O.CH2O/c17-11-15(14-9-5-2-6-10-14)16-18-12-13-7-3-1-4-8-13;1-6(11)8(9-5-10)7-3-2-4-7;1-4-8-5-6-9(3)7(8)2;1-3(2)4;1-2/h1,3-4,7-8,11,14-16H,2,5-6,9-10,12H2;5,7-8H,2-4H2,1H3,(H,9,10);7-8H,4-6H2,1-3H3;4H,1H2,2H3;1H2/t;;7?,8-;;/m..0../s1. The Bertz CT molecular complexity index is 901. The highest BCUT2D eigenvalue weighted by Crippen LogP contribution is 2.29. The predicted molar refractivity (Wildman–Crippen MR) is 177 cm³/mol. The Balaban J connectivity index is 0.000000611. The second-order valence-electron chi connectivity index (χ2n) is 11.9. The van der Waals surface area contributed by atoms with Crippen LogP contribution in [0.2, 0.25) is 0 Å². The summed E-state index contributed by atoms with van der Waals surface area (Å²) in [6.45, 7) is 14.6. The maximum atomic E-state index is 11.1. The van der Waals surface area contributed by atoms with Crippen molar-refractivity contribution in [3.8, 4) is 0 Å². The molecule has 0 bridgehead atoms. The molecule has 1 aromatic rings. The summed E-state index contributed by atoms with van der Waals surface area (Å²) in [5.74, 6) is 2.04. The molecule has 3 N–H and O–H groups in total. The molecule has 0 aromatic heterocycles. The molecule has 0 spiro atoms. The Kier molecular flexibility index (Phi) is 23.8. The summed E-state index contributed by atoms with van der Waals surface area (Å²) in [5, 5.41) is 10.4. The van der Waals surface area contributed by atoms with E-state index in [2.05, 4.69) is 43.2 Å². The van der Waals surface area contributed by atoms with Gasteiger partial charge in [-0.25, -0.2) is 0 Å². The molecule has 4 rings (SSSR count). The molecule has 4 atom stereocenters. The number of amides is 1. The van der Waals surface area contributed by atoms with E-state index >= 15 is 0 Å². The maximum absolute atomic E-state index is 11.1. The number of hydroxylamine groups is 1. The number of nitrogens with one attached hydrogen (secondary N) is 2. The van der Waals surface area contributed by atoms with Gasteiger partial charge in [0.2, 0.25) is 6.41 Å². The zero-order valence-corrected chi connectivity index (χ0v) is 27.8. The van der Waals surface area contributed by atoms with Crippen LogP contribution in [0.1, 0.15) is 97.5 Å². The van der Waals surface area contributed by atoms with Gasteiger partial charge in [0.15, 0.2) is 5.78 Å². The molecule has 1 heterocycles. The van der Waals surface area contributed by atoms with E-state index in [1.165, 1.54) is 58.9 Å². The number of aldehydes is 1. The Hall–Kier alpha value is -2.88. The van der Waals surface area contributed by atoms with Crippen molar-refractivity contribution in [3.05, 3.63) is 48.2 Å². The lowest BCUT2D eigenvalue weighted by atomic mass is 9.78. The molecule has 1 aromatic carbocycles. The Morgan fingerprint density at radius 3 is 1.98 bits per heavy atom. The van der Waals surface area contributed by atoms with E-state index < -0.39 is 0 Å². The van der Waals surface area contributed by atoms with Crippen LogP contribution in [0.4, 0.5) is 0 Å². The van der Waals surface area contributed by atoms with Crippen molar-refractivity contribution in [2.24, 2.45) is 17.8 Å². The van der Waals surface area contributed by atoms with Gasteiger partial charge in [0.1, 0.15) is 13.1 Å². The van der Waals surface area contributed by atoms with Gasteiger partial charge in [-0.2, -0.15) is 5.48 Å². The Morgan fingerprint density at radius 2 is 1.59 bits per heavy atom. The number of rotatable bonds is 11. The van der Waals surface area contributed by atoms with Gasteiger partial charge in [-0.05, 0) is 89.8 Å². The number of carbonyl (C=O) groups is 4.